The molecule has 0 amide bonds. The minimum Gasteiger partial charge on any atom is -0.337 e. The van der Waals surface area contributed by atoms with Crippen LogP contribution in [0.4, 0.5) is 13.2 Å². The van der Waals surface area contributed by atoms with Crippen molar-refractivity contribution in [1.82, 2.24) is 19.9 Å². The van der Waals surface area contributed by atoms with Crippen molar-refractivity contribution in [2.45, 2.75) is 6.18 Å². The van der Waals surface area contributed by atoms with Gasteiger partial charge in [-0.1, -0.05) is 11.6 Å². The Kier molecular flexibility index (Phi) is 3.88. The van der Waals surface area contributed by atoms with E-state index in [1.807, 2.05) is 6.07 Å². The van der Waals surface area contributed by atoms with Crippen LogP contribution in [0.3, 0.4) is 0 Å². The highest BCUT2D eigenvalue weighted by Gasteiger charge is 2.30. The molecule has 4 aromatic rings. The predicted octanol–water partition coefficient (Wildman–Crippen LogP) is 5.36. The Labute approximate surface area is 150 Å². The number of fused-ring (bicyclic) bond motifs is 1. The van der Waals surface area contributed by atoms with Gasteiger partial charge in [-0.25, -0.2) is 9.97 Å². The highest BCUT2D eigenvalue weighted by atomic mass is 35.5. The monoisotopic (exact) mass is 374 g/mol. The summed E-state index contributed by atoms with van der Waals surface area (Å²) >= 11 is 6.22. The number of pyridine rings is 2. The summed E-state index contributed by atoms with van der Waals surface area (Å²) in [6, 6.07) is 10.3. The summed E-state index contributed by atoms with van der Waals surface area (Å²) in [6.07, 6.45) is -1.14. The Hall–Kier alpha value is -2.93. The van der Waals surface area contributed by atoms with Crippen LogP contribution in [0.25, 0.3) is 33.8 Å². The number of benzene rings is 1. The smallest absolute Gasteiger partial charge is 0.337 e. The zero-order chi connectivity index (χ0) is 18.3. The number of aromatic amines is 1. The fraction of sp³-hybridized carbons (Fsp3) is 0.0556. The summed E-state index contributed by atoms with van der Waals surface area (Å²) in [5, 5.41) is 0.442. The van der Waals surface area contributed by atoms with Gasteiger partial charge in [0.1, 0.15) is 5.69 Å². The Bertz CT molecular complexity index is 1090. The van der Waals surface area contributed by atoms with E-state index in [1.54, 1.807) is 30.6 Å². The Morgan fingerprint density at radius 1 is 1.00 bits per heavy atom. The summed E-state index contributed by atoms with van der Waals surface area (Å²) in [7, 11) is 0. The molecule has 4 nitrogen and oxygen atoms in total. The van der Waals surface area contributed by atoms with Crippen LogP contribution in [-0.4, -0.2) is 19.9 Å². The molecule has 0 spiro atoms. The van der Waals surface area contributed by atoms with Crippen molar-refractivity contribution in [3.63, 3.8) is 0 Å². The number of hydrogen-bond donors (Lipinski definition) is 1. The molecule has 0 unspecified atom stereocenters. The normalized spacial score (nSPS) is 11.8. The van der Waals surface area contributed by atoms with Crippen molar-refractivity contribution < 1.29 is 13.2 Å². The highest BCUT2D eigenvalue weighted by Crippen LogP contribution is 2.32. The number of nitrogens with one attached hydrogen (secondary N) is 1. The summed E-state index contributed by atoms with van der Waals surface area (Å²) in [4.78, 5) is 15.8. The number of aromatic nitrogens is 4. The molecule has 0 bridgehead atoms. The number of hydrogen-bond acceptors (Lipinski definition) is 3. The van der Waals surface area contributed by atoms with Crippen LogP contribution in [0.5, 0.6) is 0 Å². The summed E-state index contributed by atoms with van der Waals surface area (Å²) in [6.45, 7) is 0. The summed E-state index contributed by atoms with van der Waals surface area (Å²) < 4.78 is 38.6. The molecule has 0 saturated heterocycles. The molecule has 26 heavy (non-hydrogen) atoms. The molecule has 0 aliphatic carbocycles. The number of halogens is 4. The highest BCUT2D eigenvalue weighted by molar-refractivity contribution is 6.33. The molecule has 0 radical (unpaired) electrons. The quantitative estimate of drug-likeness (QED) is 0.514. The average Bonchev–Trinajstić information content (AvgIpc) is 3.05. The first-order valence-electron chi connectivity index (χ1n) is 7.56. The largest absolute Gasteiger partial charge is 0.416 e. The zero-order valence-electron chi connectivity index (χ0n) is 13.0. The van der Waals surface area contributed by atoms with E-state index < -0.39 is 11.7 Å². The van der Waals surface area contributed by atoms with E-state index in [9.17, 15) is 13.2 Å². The van der Waals surface area contributed by atoms with Crippen LogP contribution in [0, 0.1) is 0 Å². The predicted molar refractivity (Wildman–Crippen MR) is 92.6 cm³/mol. The molecule has 0 aliphatic heterocycles. The van der Waals surface area contributed by atoms with Crippen molar-refractivity contribution >= 4 is 22.6 Å². The minimum absolute atomic E-state index is 0.287. The molecule has 0 saturated carbocycles. The van der Waals surface area contributed by atoms with E-state index in [-0.39, 0.29) is 5.52 Å². The van der Waals surface area contributed by atoms with E-state index in [0.717, 1.165) is 17.7 Å². The lowest BCUT2D eigenvalue weighted by molar-refractivity contribution is -0.137. The van der Waals surface area contributed by atoms with Gasteiger partial charge < -0.3 is 4.98 Å². The van der Waals surface area contributed by atoms with Crippen LogP contribution in [0.2, 0.25) is 5.02 Å². The molecular weight excluding hydrogens is 365 g/mol. The topological polar surface area (TPSA) is 54.5 Å². The Balaban J connectivity index is 1.81. The second-order valence-corrected chi connectivity index (χ2v) is 5.99. The lowest BCUT2D eigenvalue weighted by Gasteiger charge is -2.05. The molecule has 130 valence electrons. The van der Waals surface area contributed by atoms with Gasteiger partial charge in [0, 0.05) is 18.0 Å². The van der Waals surface area contributed by atoms with E-state index in [2.05, 4.69) is 19.9 Å². The van der Waals surface area contributed by atoms with Crippen molar-refractivity contribution in [2.75, 3.05) is 0 Å². The molecule has 8 heteroatoms. The third-order valence-corrected chi connectivity index (χ3v) is 4.14. The maximum Gasteiger partial charge on any atom is 0.416 e. The average molecular weight is 375 g/mol. The first-order chi connectivity index (χ1) is 12.4. The second-order valence-electron chi connectivity index (χ2n) is 5.58. The van der Waals surface area contributed by atoms with E-state index >= 15 is 0 Å². The molecular formula is C18H10ClF3N4. The number of nitrogens with zero attached hydrogens (tertiary/aromatic N) is 3. The van der Waals surface area contributed by atoms with Crippen molar-refractivity contribution in [2.24, 2.45) is 0 Å². The molecule has 0 fully saturated rings. The molecule has 1 aromatic carbocycles. The third-order valence-electron chi connectivity index (χ3n) is 3.83. The van der Waals surface area contributed by atoms with Gasteiger partial charge in [0.2, 0.25) is 0 Å². The summed E-state index contributed by atoms with van der Waals surface area (Å²) in [5.41, 5.74) is 1.70. The number of rotatable bonds is 2. The summed E-state index contributed by atoms with van der Waals surface area (Å²) in [5.74, 6) is 0.362. The molecule has 4 rings (SSSR count). The van der Waals surface area contributed by atoms with Crippen LogP contribution in [0.1, 0.15) is 5.56 Å². The van der Waals surface area contributed by atoms with Gasteiger partial charge in [0.05, 0.1) is 27.3 Å². The maximum absolute atomic E-state index is 12.9. The van der Waals surface area contributed by atoms with Gasteiger partial charge in [-0.3, -0.25) is 4.98 Å². The number of alkyl halides is 3. The third kappa shape index (κ3) is 3.01. The minimum atomic E-state index is -4.41. The van der Waals surface area contributed by atoms with Crippen LogP contribution < -0.4 is 0 Å². The Morgan fingerprint density at radius 3 is 2.58 bits per heavy atom. The van der Waals surface area contributed by atoms with Gasteiger partial charge in [-0.15, -0.1) is 0 Å². The lowest BCUT2D eigenvalue weighted by atomic mass is 10.2. The lowest BCUT2D eigenvalue weighted by Crippen LogP contribution is -2.04. The van der Waals surface area contributed by atoms with Crippen LogP contribution >= 0.6 is 11.6 Å². The number of imidazole rings is 1. The van der Waals surface area contributed by atoms with Crippen molar-refractivity contribution in [3.8, 4) is 22.8 Å². The van der Waals surface area contributed by atoms with Gasteiger partial charge in [-0.05, 0) is 42.5 Å². The fourth-order valence-electron chi connectivity index (χ4n) is 2.59. The second kappa shape index (κ2) is 6.10. The van der Waals surface area contributed by atoms with Crippen LogP contribution in [0.15, 0.2) is 54.9 Å². The standard InChI is InChI=1S/C18H10ClF3N4/c19-12-4-6-14(24-16(12)10-2-1-7-23-9-10)17-25-13-5-3-11(18(20,21)22)8-15(13)26-17/h1-9H,(H,25,26). The van der Waals surface area contributed by atoms with E-state index in [0.29, 0.717) is 27.8 Å². The maximum atomic E-state index is 12.9. The van der Waals surface area contributed by atoms with Gasteiger partial charge in [0.15, 0.2) is 5.82 Å². The van der Waals surface area contributed by atoms with Gasteiger partial charge >= 0.3 is 6.18 Å². The van der Waals surface area contributed by atoms with Crippen molar-refractivity contribution in [3.05, 3.63) is 65.4 Å². The number of H-pyrrole nitrogens is 1. The van der Waals surface area contributed by atoms with Crippen LogP contribution in [-0.2, 0) is 6.18 Å². The molecule has 0 aliphatic rings. The SMILES string of the molecule is FC(F)(F)c1ccc2nc(-c3ccc(Cl)c(-c4cccnc4)n3)[nH]c2c1. The van der Waals surface area contributed by atoms with Gasteiger partial charge in [0.25, 0.3) is 0 Å². The first-order valence-corrected chi connectivity index (χ1v) is 7.94. The zero-order valence-corrected chi connectivity index (χ0v) is 13.8. The van der Waals surface area contributed by atoms with E-state index in [4.69, 9.17) is 11.6 Å². The molecule has 1 N–H and O–H groups in total. The first kappa shape index (κ1) is 16.5. The van der Waals surface area contributed by atoms with Crippen molar-refractivity contribution in [1.29, 1.82) is 0 Å². The Morgan fingerprint density at radius 2 is 1.85 bits per heavy atom. The molecule has 3 aromatic heterocycles. The molecule has 3 heterocycles. The van der Waals surface area contributed by atoms with Gasteiger partial charge in [-0.2, -0.15) is 13.2 Å². The fourth-order valence-corrected chi connectivity index (χ4v) is 2.80. The van der Waals surface area contributed by atoms with E-state index in [1.165, 1.54) is 6.07 Å². The molecule has 0 atom stereocenters.